The fourth-order valence-corrected chi connectivity index (χ4v) is 2.01. The number of rotatable bonds is 6. The highest BCUT2D eigenvalue weighted by Gasteiger charge is 2.24. The van der Waals surface area contributed by atoms with Gasteiger partial charge in [-0.15, -0.1) is 0 Å². The van der Waals surface area contributed by atoms with E-state index in [0.29, 0.717) is 5.41 Å². The van der Waals surface area contributed by atoms with Crippen LogP contribution in [0.15, 0.2) is 0 Å². The molecule has 0 aliphatic carbocycles. The van der Waals surface area contributed by atoms with Crippen LogP contribution in [-0.4, -0.2) is 0 Å². The van der Waals surface area contributed by atoms with Crippen molar-refractivity contribution in [2.45, 2.75) is 73.6 Å². The Balaban J connectivity index is 4.11. The van der Waals surface area contributed by atoms with Gasteiger partial charge in [-0.25, -0.2) is 0 Å². The van der Waals surface area contributed by atoms with E-state index >= 15 is 0 Å². The molecule has 0 heteroatoms. The second kappa shape index (κ2) is 6.48. The van der Waals surface area contributed by atoms with Gasteiger partial charge in [0.1, 0.15) is 0 Å². The molecular formula is C14H30. The Labute approximate surface area is 91.5 Å². The van der Waals surface area contributed by atoms with Crippen molar-refractivity contribution < 1.29 is 0 Å². The minimum Gasteiger partial charge on any atom is -0.0654 e. The first-order valence-corrected chi connectivity index (χ1v) is 6.41. The summed E-state index contributed by atoms with van der Waals surface area (Å²) in [6, 6.07) is 0. The predicted molar refractivity (Wildman–Crippen MR) is 66.5 cm³/mol. The van der Waals surface area contributed by atoms with E-state index in [9.17, 15) is 0 Å². The van der Waals surface area contributed by atoms with Gasteiger partial charge in [0.25, 0.3) is 0 Å². The summed E-state index contributed by atoms with van der Waals surface area (Å²) < 4.78 is 0. The second-order valence-corrected chi connectivity index (χ2v) is 5.95. The van der Waals surface area contributed by atoms with Gasteiger partial charge in [-0.3, -0.25) is 0 Å². The summed E-state index contributed by atoms with van der Waals surface area (Å²) in [6.07, 6.45) is 6.91. The maximum absolute atomic E-state index is 2.40. The van der Waals surface area contributed by atoms with Crippen LogP contribution in [0.1, 0.15) is 73.6 Å². The Morgan fingerprint density at radius 1 is 1.07 bits per heavy atom. The Kier molecular flexibility index (Phi) is 6.48. The van der Waals surface area contributed by atoms with E-state index in [4.69, 9.17) is 0 Å². The summed E-state index contributed by atoms with van der Waals surface area (Å²) in [6.45, 7) is 14.2. The lowest BCUT2D eigenvalue weighted by Crippen LogP contribution is -2.22. The summed E-state index contributed by atoms with van der Waals surface area (Å²) >= 11 is 0. The van der Waals surface area contributed by atoms with E-state index in [1.807, 2.05) is 0 Å². The predicted octanol–water partition coefficient (Wildman–Crippen LogP) is 5.28. The van der Waals surface area contributed by atoms with Crippen molar-refractivity contribution in [3.63, 3.8) is 0 Å². The van der Waals surface area contributed by atoms with Crippen molar-refractivity contribution in [3.05, 3.63) is 0 Å². The zero-order valence-electron chi connectivity index (χ0n) is 11.2. The summed E-state index contributed by atoms with van der Waals surface area (Å²) in [4.78, 5) is 0. The molecule has 0 saturated heterocycles. The van der Waals surface area contributed by atoms with E-state index in [1.54, 1.807) is 0 Å². The average molecular weight is 198 g/mol. The Morgan fingerprint density at radius 2 is 1.64 bits per heavy atom. The third kappa shape index (κ3) is 5.67. The molecule has 0 amide bonds. The topological polar surface area (TPSA) is 0 Å². The van der Waals surface area contributed by atoms with E-state index in [2.05, 4.69) is 41.5 Å². The molecule has 0 nitrogen and oxygen atoms in total. The van der Waals surface area contributed by atoms with E-state index in [0.717, 1.165) is 11.8 Å². The van der Waals surface area contributed by atoms with Crippen LogP contribution in [0.5, 0.6) is 0 Å². The Bertz CT molecular complexity index is 129. The monoisotopic (exact) mass is 198 g/mol. The first-order chi connectivity index (χ1) is 6.41. The molecule has 0 aromatic heterocycles. The highest BCUT2D eigenvalue weighted by molar-refractivity contribution is 4.75. The quantitative estimate of drug-likeness (QED) is 0.545. The van der Waals surface area contributed by atoms with Crippen LogP contribution in [0.2, 0.25) is 0 Å². The van der Waals surface area contributed by atoms with Crippen molar-refractivity contribution in [2.24, 2.45) is 17.3 Å². The minimum absolute atomic E-state index is 0.499. The van der Waals surface area contributed by atoms with Crippen LogP contribution in [0.4, 0.5) is 0 Å². The maximum atomic E-state index is 2.40. The zero-order chi connectivity index (χ0) is 11.2. The van der Waals surface area contributed by atoms with Crippen LogP contribution in [0.25, 0.3) is 0 Å². The van der Waals surface area contributed by atoms with Crippen LogP contribution in [0.3, 0.4) is 0 Å². The van der Waals surface area contributed by atoms with Crippen LogP contribution < -0.4 is 0 Å². The SMILES string of the molecule is CCCCC(CC(C)CC)C(C)(C)C. The molecule has 0 bridgehead atoms. The highest BCUT2D eigenvalue weighted by atomic mass is 14.3. The average Bonchev–Trinajstić information content (AvgIpc) is 2.09. The van der Waals surface area contributed by atoms with Crippen LogP contribution in [-0.2, 0) is 0 Å². The van der Waals surface area contributed by atoms with E-state index in [1.165, 1.54) is 32.1 Å². The van der Waals surface area contributed by atoms with Crippen molar-refractivity contribution >= 4 is 0 Å². The minimum atomic E-state index is 0.499. The fourth-order valence-electron chi connectivity index (χ4n) is 2.01. The van der Waals surface area contributed by atoms with Gasteiger partial charge >= 0.3 is 0 Å². The van der Waals surface area contributed by atoms with E-state index in [-0.39, 0.29) is 0 Å². The molecule has 0 heterocycles. The summed E-state index contributed by atoms with van der Waals surface area (Å²) in [7, 11) is 0. The lowest BCUT2D eigenvalue weighted by atomic mass is 9.73. The molecule has 0 N–H and O–H groups in total. The van der Waals surface area contributed by atoms with Crippen LogP contribution >= 0.6 is 0 Å². The van der Waals surface area contributed by atoms with Crippen molar-refractivity contribution in [3.8, 4) is 0 Å². The van der Waals surface area contributed by atoms with Crippen LogP contribution in [0, 0.1) is 17.3 Å². The molecule has 0 aromatic rings. The van der Waals surface area contributed by atoms with Gasteiger partial charge < -0.3 is 0 Å². The molecule has 0 aliphatic rings. The highest BCUT2D eigenvalue weighted by Crippen LogP contribution is 2.35. The largest absolute Gasteiger partial charge is 0.0654 e. The maximum Gasteiger partial charge on any atom is -0.0354 e. The first-order valence-electron chi connectivity index (χ1n) is 6.41. The Hall–Kier alpha value is 0. The molecule has 2 unspecified atom stereocenters. The molecule has 0 aliphatic heterocycles. The standard InChI is InChI=1S/C14H30/c1-7-9-10-13(14(4,5)6)11-12(3)8-2/h12-13H,7-11H2,1-6H3. The van der Waals surface area contributed by atoms with Gasteiger partial charge in [0.15, 0.2) is 0 Å². The molecule has 0 aromatic carbocycles. The van der Waals surface area contributed by atoms with Gasteiger partial charge in [0.05, 0.1) is 0 Å². The molecule has 0 rings (SSSR count). The zero-order valence-corrected chi connectivity index (χ0v) is 11.2. The first kappa shape index (κ1) is 14.0. The van der Waals surface area contributed by atoms with Crippen molar-refractivity contribution in [2.75, 3.05) is 0 Å². The lowest BCUT2D eigenvalue weighted by Gasteiger charge is -2.32. The van der Waals surface area contributed by atoms with Crippen molar-refractivity contribution in [1.82, 2.24) is 0 Å². The number of unbranched alkanes of at least 4 members (excludes halogenated alkanes) is 1. The summed E-state index contributed by atoms with van der Waals surface area (Å²) in [5.74, 6) is 1.81. The molecule has 86 valence electrons. The van der Waals surface area contributed by atoms with Gasteiger partial charge in [-0.1, -0.05) is 60.8 Å². The van der Waals surface area contributed by atoms with E-state index < -0.39 is 0 Å². The third-order valence-electron chi connectivity index (χ3n) is 3.51. The normalized spacial score (nSPS) is 16.7. The molecule has 0 saturated carbocycles. The van der Waals surface area contributed by atoms with Crippen molar-refractivity contribution in [1.29, 1.82) is 0 Å². The molecule has 0 fully saturated rings. The Morgan fingerprint density at radius 3 is 2.00 bits per heavy atom. The third-order valence-corrected chi connectivity index (χ3v) is 3.51. The fraction of sp³-hybridized carbons (Fsp3) is 1.00. The number of hydrogen-bond acceptors (Lipinski definition) is 0. The molecule has 0 spiro atoms. The van der Waals surface area contributed by atoms with Gasteiger partial charge in [-0.2, -0.15) is 0 Å². The lowest BCUT2D eigenvalue weighted by molar-refractivity contribution is 0.182. The van der Waals surface area contributed by atoms with Gasteiger partial charge in [-0.05, 0) is 30.1 Å². The number of hydrogen-bond donors (Lipinski definition) is 0. The molecule has 14 heavy (non-hydrogen) atoms. The summed E-state index contributed by atoms with van der Waals surface area (Å²) in [5.41, 5.74) is 0.499. The van der Waals surface area contributed by atoms with Gasteiger partial charge in [0.2, 0.25) is 0 Å². The molecule has 2 atom stereocenters. The molecule has 0 radical (unpaired) electrons. The summed E-state index contributed by atoms with van der Waals surface area (Å²) in [5, 5.41) is 0. The second-order valence-electron chi connectivity index (χ2n) is 5.95. The smallest absolute Gasteiger partial charge is 0.0354 e. The van der Waals surface area contributed by atoms with Gasteiger partial charge in [0, 0.05) is 0 Å². The molecular weight excluding hydrogens is 168 g/mol.